The van der Waals surface area contributed by atoms with Gasteiger partial charge in [-0.1, -0.05) is 22.9 Å². The van der Waals surface area contributed by atoms with E-state index in [2.05, 4.69) is 28.2 Å². The summed E-state index contributed by atoms with van der Waals surface area (Å²) in [6, 6.07) is 5.10. The van der Waals surface area contributed by atoms with E-state index in [4.69, 9.17) is 0 Å². The van der Waals surface area contributed by atoms with Crippen molar-refractivity contribution < 1.29 is 4.39 Å². The summed E-state index contributed by atoms with van der Waals surface area (Å²) in [5.41, 5.74) is 1.07. The van der Waals surface area contributed by atoms with Gasteiger partial charge in [0.15, 0.2) is 0 Å². The zero-order chi connectivity index (χ0) is 11.8. The molecule has 16 heavy (non-hydrogen) atoms. The number of hydrogen-bond donors (Lipinski definition) is 1. The molecule has 1 rings (SSSR count). The van der Waals surface area contributed by atoms with Crippen molar-refractivity contribution in [2.24, 2.45) is 0 Å². The van der Waals surface area contributed by atoms with Crippen molar-refractivity contribution in [3.8, 4) is 0 Å². The summed E-state index contributed by atoms with van der Waals surface area (Å²) in [6.45, 7) is 4.31. The van der Waals surface area contributed by atoms with Gasteiger partial charge in [-0.15, -0.1) is 0 Å². The second kappa shape index (κ2) is 7.80. The minimum Gasteiger partial charge on any atom is -0.317 e. The molecule has 0 atom stereocenters. The molecule has 1 aromatic carbocycles. The smallest absolute Gasteiger partial charge is 0.124 e. The molecule has 0 radical (unpaired) electrons. The molecule has 0 saturated carbocycles. The molecule has 1 nitrogen and oxygen atoms in total. The number of aryl methyl sites for hydroxylation is 1. The molecule has 0 bridgehead atoms. The van der Waals surface area contributed by atoms with Gasteiger partial charge in [-0.05, 0) is 62.5 Å². The second-order valence-electron chi connectivity index (χ2n) is 3.98. The highest BCUT2D eigenvalue weighted by Gasteiger charge is 1.99. The lowest BCUT2D eigenvalue weighted by atomic mass is 10.1. The van der Waals surface area contributed by atoms with Crippen LogP contribution in [0.2, 0.25) is 0 Å². The Kier molecular flexibility index (Phi) is 6.65. The predicted octanol–water partition coefficient (Wildman–Crippen LogP) is 3.91. The molecule has 1 N–H and O–H groups in total. The first kappa shape index (κ1) is 13.7. The maximum Gasteiger partial charge on any atom is 0.124 e. The second-order valence-corrected chi connectivity index (χ2v) is 4.90. The lowest BCUT2D eigenvalue weighted by molar-refractivity contribution is 0.609. The average Bonchev–Trinajstić information content (AvgIpc) is 2.22. The van der Waals surface area contributed by atoms with Crippen LogP contribution >= 0.6 is 15.9 Å². The van der Waals surface area contributed by atoms with Gasteiger partial charge < -0.3 is 5.32 Å². The SMILES string of the molecule is CCCNCCCCc1cc(F)cc(Br)c1. The Balaban J connectivity index is 2.21. The van der Waals surface area contributed by atoms with Crippen molar-refractivity contribution >= 4 is 15.9 Å². The number of nitrogens with one attached hydrogen (secondary N) is 1. The molecule has 0 aliphatic heterocycles. The van der Waals surface area contributed by atoms with Crippen LogP contribution in [0.25, 0.3) is 0 Å². The molecule has 0 aliphatic rings. The van der Waals surface area contributed by atoms with Gasteiger partial charge in [0.25, 0.3) is 0 Å². The number of halogens is 2. The van der Waals surface area contributed by atoms with E-state index < -0.39 is 0 Å². The summed E-state index contributed by atoms with van der Waals surface area (Å²) >= 11 is 3.30. The largest absolute Gasteiger partial charge is 0.317 e. The van der Waals surface area contributed by atoms with Crippen LogP contribution in [-0.2, 0) is 6.42 Å². The van der Waals surface area contributed by atoms with Gasteiger partial charge in [-0.3, -0.25) is 0 Å². The zero-order valence-electron chi connectivity index (χ0n) is 9.73. The Labute approximate surface area is 106 Å². The molecule has 0 unspecified atom stereocenters. The molecule has 1 aromatic rings. The lowest BCUT2D eigenvalue weighted by Crippen LogP contribution is -2.15. The maximum atomic E-state index is 13.1. The maximum absolute atomic E-state index is 13.1. The highest BCUT2D eigenvalue weighted by atomic mass is 79.9. The van der Waals surface area contributed by atoms with E-state index in [0.717, 1.165) is 42.4 Å². The molecular formula is C13H19BrFN. The van der Waals surface area contributed by atoms with Gasteiger partial charge in [0.2, 0.25) is 0 Å². The molecule has 0 saturated heterocycles. The average molecular weight is 288 g/mol. The van der Waals surface area contributed by atoms with Crippen molar-refractivity contribution in [3.05, 3.63) is 34.1 Å². The van der Waals surface area contributed by atoms with Crippen molar-refractivity contribution in [2.75, 3.05) is 13.1 Å². The molecule has 0 spiro atoms. The van der Waals surface area contributed by atoms with E-state index >= 15 is 0 Å². The number of unbranched alkanes of at least 4 members (excludes halogenated alkanes) is 1. The van der Waals surface area contributed by atoms with Gasteiger partial charge >= 0.3 is 0 Å². The first-order valence-electron chi connectivity index (χ1n) is 5.88. The number of hydrogen-bond acceptors (Lipinski definition) is 1. The fourth-order valence-electron chi connectivity index (χ4n) is 1.64. The van der Waals surface area contributed by atoms with E-state index in [1.807, 2.05) is 6.07 Å². The Morgan fingerprint density at radius 2 is 2.00 bits per heavy atom. The minimum absolute atomic E-state index is 0.159. The quantitative estimate of drug-likeness (QED) is 0.750. The number of rotatable bonds is 7. The minimum atomic E-state index is -0.159. The monoisotopic (exact) mass is 287 g/mol. The summed E-state index contributed by atoms with van der Waals surface area (Å²) in [4.78, 5) is 0. The van der Waals surface area contributed by atoms with E-state index in [0.29, 0.717) is 0 Å². The van der Waals surface area contributed by atoms with Crippen LogP contribution < -0.4 is 5.32 Å². The molecular weight excluding hydrogens is 269 g/mol. The van der Waals surface area contributed by atoms with Crippen LogP contribution in [0.5, 0.6) is 0 Å². The van der Waals surface area contributed by atoms with Gasteiger partial charge in [-0.25, -0.2) is 4.39 Å². The lowest BCUT2D eigenvalue weighted by Gasteiger charge is -2.04. The number of benzene rings is 1. The standard InChI is InChI=1S/C13H19BrFN/c1-2-6-16-7-4-3-5-11-8-12(14)10-13(15)9-11/h8-10,16H,2-7H2,1H3. The van der Waals surface area contributed by atoms with Gasteiger partial charge in [0.05, 0.1) is 0 Å². The van der Waals surface area contributed by atoms with E-state index in [-0.39, 0.29) is 5.82 Å². The first-order valence-corrected chi connectivity index (χ1v) is 6.67. The first-order chi connectivity index (χ1) is 7.72. The Morgan fingerprint density at radius 3 is 2.69 bits per heavy atom. The van der Waals surface area contributed by atoms with Crippen LogP contribution in [0.15, 0.2) is 22.7 Å². The normalized spacial score (nSPS) is 10.7. The zero-order valence-corrected chi connectivity index (χ0v) is 11.3. The van der Waals surface area contributed by atoms with Crippen LogP contribution in [0, 0.1) is 5.82 Å². The van der Waals surface area contributed by atoms with Gasteiger partial charge in [0.1, 0.15) is 5.82 Å². The van der Waals surface area contributed by atoms with Crippen LogP contribution in [0.3, 0.4) is 0 Å². The molecule has 90 valence electrons. The third-order valence-corrected chi connectivity index (χ3v) is 2.88. The predicted molar refractivity (Wildman–Crippen MR) is 70.2 cm³/mol. The molecule has 0 fully saturated rings. The Bertz CT molecular complexity index is 295. The third kappa shape index (κ3) is 5.61. The third-order valence-electron chi connectivity index (χ3n) is 2.42. The highest BCUT2D eigenvalue weighted by Crippen LogP contribution is 2.16. The summed E-state index contributed by atoms with van der Waals surface area (Å²) in [7, 11) is 0. The van der Waals surface area contributed by atoms with Crippen LogP contribution in [-0.4, -0.2) is 13.1 Å². The molecule has 0 heterocycles. The summed E-state index contributed by atoms with van der Waals surface area (Å²) < 4.78 is 13.9. The summed E-state index contributed by atoms with van der Waals surface area (Å²) in [5.74, 6) is -0.159. The van der Waals surface area contributed by atoms with E-state index in [1.54, 1.807) is 6.07 Å². The van der Waals surface area contributed by atoms with Crippen molar-refractivity contribution in [1.29, 1.82) is 0 Å². The fraction of sp³-hybridized carbons (Fsp3) is 0.538. The molecule has 0 aliphatic carbocycles. The van der Waals surface area contributed by atoms with Crippen molar-refractivity contribution in [1.82, 2.24) is 5.32 Å². The van der Waals surface area contributed by atoms with Gasteiger partial charge in [0, 0.05) is 4.47 Å². The summed E-state index contributed by atoms with van der Waals surface area (Å²) in [6.07, 6.45) is 4.38. The van der Waals surface area contributed by atoms with Crippen molar-refractivity contribution in [3.63, 3.8) is 0 Å². The summed E-state index contributed by atoms with van der Waals surface area (Å²) in [5, 5.41) is 3.36. The van der Waals surface area contributed by atoms with Gasteiger partial charge in [-0.2, -0.15) is 0 Å². The molecule has 0 aromatic heterocycles. The fourth-order valence-corrected chi connectivity index (χ4v) is 2.15. The van der Waals surface area contributed by atoms with E-state index in [9.17, 15) is 4.39 Å². The van der Waals surface area contributed by atoms with E-state index in [1.165, 1.54) is 12.5 Å². The van der Waals surface area contributed by atoms with Crippen LogP contribution in [0.4, 0.5) is 4.39 Å². The highest BCUT2D eigenvalue weighted by molar-refractivity contribution is 9.10. The van der Waals surface area contributed by atoms with Crippen LogP contribution in [0.1, 0.15) is 31.7 Å². The molecule has 3 heteroatoms. The topological polar surface area (TPSA) is 12.0 Å². The Morgan fingerprint density at radius 1 is 1.19 bits per heavy atom. The Hall–Kier alpha value is -0.410. The molecule has 0 amide bonds. The van der Waals surface area contributed by atoms with Crippen molar-refractivity contribution in [2.45, 2.75) is 32.6 Å².